The number of hydrogen-bond donors (Lipinski definition) is 1. The summed E-state index contributed by atoms with van der Waals surface area (Å²) in [6.07, 6.45) is 8.09. The lowest BCUT2D eigenvalue weighted by molar-refractivity contribution is 0.586. The zero-order valence-corrected chi connectivity index (χ0v) is 13.6. The van der Waals surface area contributed by atoms with Crippen LogP contribution in [0.4, 0.5) is 5.82 Å². The molecule has 18 heavy (non-hydrogen) atoms. The number of nitrogens with two attached hydrogens (primary N) is 1. The molecule has 1 aromatic rings. The van der Waals surface area contributed by atoms with Gasteiger partial charge in [0.1, 0.15) is 5.82 Å². The number of halogens is 2. The van der Waals surface area contributed by atoms with Gasteiger partial charge in [0.05, 0.1) is 4.47 Å². The second-order valence-corrected chi connectivity index (χ2v) is 6.50. The maximum atomic E-state index is 5.65. The van der Waals surface area contributed by atoms with Gasteiger partial charge in [-0.25, -0.2) is 4.98 Å². The third kappa shape index (κ3) is 3.45. The van der Waals surface area contributed by atoms with E-state index in [9.17, 15) is 0 Å². The second-order valence-electron chi connectivity index (χ2n) is 4.73. The highest BCUT2D eigenvalue weighted by Crippen LogP contribution is 2.32. The van der Waals surface area contributed by atoms with Crippen molar-refractivity contribution in [3.05, 3.63) is 21.2 Å². The van der Waals surface area contributed by atoms with Gasteiger partial charge in [-0.3, -0.25) is 0 Å². The Balaban J connectivity index is 2.20. The maximum Gasteiger partial charge on any atom is 0.143 e. The van der Waals surface area contributed by atoms with E-state index >= 15 is 0 Å². The van der Waals surface area contributed by atoms with Gasteiger partial charge >= 0.3 is 0 Å². The monoisotopic (exact) mass is 375 g/mol. The smallest absolute Gasteiger partial charge is 0.143 e. The summed E-state index contributed by atoms with van der Waals surface area (Å²) in [4.78, 5) is 6.99. The van der Waals surface area contributed by atoms with E-state index in [0.29, 0.717) is 6.04 Å². The molecule has 1 fully saturated rings. The lowest BCUT2D eigenvalue weighted by Crippen LogP contribution is -2.36. The molecule has 0 unspecified atom stereocenters. The number of rotatable bonds is 5. The van der Waals surface area contributed by atoms with E-state index in [-0.39, 0.29) is 0 Å². The fourth-order valence-electron chi connectivity index (χ4n) is 2.56. The van der Waals surface area contributed by atoms with Crippen LogP contribution < -0.4 is 10.6 Å². The Morgan fingerprint density at radius 2 is 2.06 bits per heavy atom. The van der Waals surface area contributed by atoms with Crippen molar-refractivity contribution < 1.29 is 0 Å². The van der Waals surface area contributed by atoms with Crippen molar-refractivity contribution in [2.24, 2.45) is 5.73 Å². The highest BCUT2D eigenvalue weighted by Gasteiger charge is 2.24. The zero-order chi connectivity index (χ0) is 13.0. The maximum absolute atomic E-state index is 5.65. The van der Waals surface area contributed by atoms with Crippen LogP contribution >= 0.6 is 31.9 Å². The minimum atomic E-state index is 0.626. The van der Waals surface area contributed by atoms with Gasteiger partial charge in [-0.1, -0.05) is 12.8 Å². The molecule has 0 radical (unpaired) electrons. The van der Waals surface area contributed by atoms with E-state index in [1.54, 1.807) is 0 Å². The minimum Gasteiger partial charge on any atom is -0.353 e. The first-order valence-electron chi connectivity index (χ1n) is 6.50. The molecule has 5 heteroatoms. The summed E-state index contributed by atoms with van der Waals surface area (Å²) in [5.41, 5.74) is 5.65. The molecule has 0 amide bonds. The van der Waals surface area contributed by atoms with Crippen molar-refractivity contribution >= 4 is 37.7 Å². The summed E-state index contributed by atoms with van der Waals surface area (Å²) in [7, 11) is 0. The number of aromatic nitrogens is 1. The number of hydrogen-bond acceptors (Lipinski definition) is 3. The summed E-state index contributed by atoms with van der Waals surface area (Å²) in [5, 5.41) is 0. The van der Waals surface area contributed by atoms with E-state index in [2.05, 4.69) is 47.8 Å². The van der Waals surface area contributed by atoms with Gasteiger partial charge < -0.3 is 10.6 Å². The number of pyridine rings is 1. The zero-order valence-electron chi connectivity index (χ0n) is 10.4. The molecular formula is C13H19Br2N3. The molecule has 0 saturated heterocycles. The summed E-state index contributed by atoms with van der Waals surface area (Å²) in [6.45, 7) is 1.73. The first-order valence-corrected chi connectivity index (χ1v) is 8.08. The molecule has 100 valence electrons. The van der Waals surface area contributed by atoms with E-state index in [4.69, 9.17) is 5.73 Å². The molecule has 1 heterocycles. The van der Waals surface area contributed by atoms with Crippen LogP contribution in [-0.4, -0.2) is 24.1 Å². The van der Waals surface area contributed by atoms with Crippen molar-refractivity contribution in [1.82, 2.24) is 4.98 Å². The third-order valence-corrected chi connectivity index (χ3v) is 4.45. The Morgan fingerprint density at radius 1 is 1.33 bits per heavy atom. The topological polar surface area (TPSA) is 42.1 Å². The molecular weight excluding hydrogens is 358 g/mol. The standard InChI is InChI=1S/C13H19Br2N3/c14-10-8-12(15)13(17-9-10)18(7-3-6-16)11-4-1-2-5-11/h8-9,11H,1-7,16H2. The molecule has 0 aromatic carbocycles. The predicted molar refractivity (Wildman–Crippen MR) is 82.9 cm³/mol. The first kappa shape index (κ1) is 14.3. The van der Waals surface area contributed by atoms with E-state index in [0.717, 1.165) is 34.3 Å². The van der Waals surface area contributed by atoms with Gasteiger partial charge in [-0.05, 0) is 63.7 Å². The molecule has 0 atom stereocenters. The van der Waals surface area contributed by atoms with Gasteiger partial charge in [0, 0.05) is 23.3 Å². The summed E-state index contributed by atoms with van der Waals surface area (Å²) < 4.78 is 2.06. The molecule has 1 aliphatic rings. The van der Waals surface area contributed by atoms with Gasteiger partial charge in [0.15, 0.2) is 0 Å². The Bertz CT molecular complexity index is 392. The van der Waals surface area contributed by atoms with Crippen molar-refractivity contribution in [3.63, 3.8) is 0 Å². The van der Waals surface area contributed by atoms with Crippen LogP contribution in [-0.2, 0) is 0 Å². The van der Waals surface area contributed by atoms with Crippen LogP contribution in [0.15, 0.2) is 21.2 Å². The lowest BCUT2D eigenvalue weighted by atomic mass is 10.2. The molecule has 2 N–H and O–H groups in total. The molecule has 0 aliphatic heterocycles. The van der Waals surface area contributed by atoms with Crippen molar-refractivity contribution in [3.8, 4) is 0 Å². The van der Waals surface area contributed by atoms with Gasteiger partial charge in [-0.2, -0.15) is 0 Å². The largest absolute Gasteiger partial charge is 0.353 e. The lowest BCUT2D eigenvalue weighted by Gasteiger charge is -2.30. The molecule has 3 nitrogen and oxygen atoms in total. The minimum absolute atomic E-state index is 0.626. The number of nitrogens with zero attached hydrogens (tertiary/aromatic N) is 2. The summed E-state index contributed by atoms with van der Waals surface area (Å²) in [6, 6.07) is 2.69. The highest BCUT2D eigenvalue weighted by molar-refractivity contribution is 9.11. The van der Waals surface area contributed by atoms with E-state index in [1.807, 2.05) is 6.20 Å². The Morgan fingerprint density at radius 3 is 2.67 bits per heavy atom. The van der Waals surface area contributed by atoms with Crippen LogP contribution in [0, 0.1) is 0 Å². The SMILES string of the molecule is NCCCN(c1ncc(Br)cc1Br)C1CCCC1. The predicted octanol–water partition coefficient (Wildman–Crippen LogP) is 3.70. The quantitative estimate of drug-likeness (QED) is 0.851. The average molecular weight is 377 g/mol. The van der Waals surface area contributed by atoms with Crippen molar-refractivity contribution in [2.45, 2.75) is 38.1 Å². The van der Waals surface area contributed by atoms with E-state index in [1.165, 1.54) is 25.7 Å². The molecule has 0 spiro atoms. The van der Waals surface area contributed by atoms with E-state index < -0.39 is 0 Å². The van der Waals surface area contributed by atoms with Gasteiger partial charge in [0.25, 0.3) is 0 Å². The third-order valence-electron chi connectivity index (χ3n) is 3.43. The summed E-state index contributed by atoms with van der Waals surface area (Å²) >= 11 is 7.07. The van der Waals surface area contributed by atoms with Crippen molar-refractivity contribution in [2.75, 3.05) is 18.0 Å². The van der Waals surface area contributed by atoms with Crippen LogP contribution in [0.5, 0.6) is 0 Å². The van der Waals surface area contributed by atoms with Crippen LogP contribution in [0.1, 0.15) is 32.1 Å². The normalized spacial score (nSPS) is 16.2. The Labute approximate surface area is 125 Å². The van der Waals surface area contributed by atoms with Crippen LogP contribution in [0.25, 0.3) is 0 Å². The summed E-state index contributed by atoms with van der Waals surface area (Å²) in [5.74, 6) is 1.05. The Hall–Kier alpha value is -0.130. The fourth-order valence-corrected chi connectivity index (χ4v) is 3.77. The molecule has 1 aromatic heterocycles. The fraction of sp³-hybridized carbons (Fsp3) is 0.615. The number of anilines is 1. The van der Waals surface area contributed by atoms with Gasteiger partial charge in [-0.15, -0.1) is 0 Å². The van der Waals surface area contributed by atoms with Gasteiger partial charge in [0.2, 0.25) is 0 Å². The second kappa shape index (κ2) is 6.87. The van der Waals surface area contributed by atoms with Crippen LogP contribution in [0.2, 0.25) is 0 Å². The van der Waals surface area contributed by atoms with Crippen LogP contribution in [0.3, 0.4) is 0 Å². The van der Waals surface area contributed by atoms with Crippen molar-refractivity contribution in [1.29, 1.82) is 0 Å². The molecule has 2 rings (SSSR count). The molecule has 0 bridgehead atoms. The average Bonchev–Trinajstić information content (AvgIpc) is 2.85. The molecule has 1 aliphatic carbocycles. The Kier molecular flexibility index (Phi) is 5.45. The first-order chi connectivity index (χ1) is 8.72. The molecule has 1 saturated carbocycles. The highest BCUT2D eigenvalue weighted by atomic mass is 79.9.